The van der Waals surface area contributed by atoms with Gasteiger partial charge in [-0.05, 0) is 49.6 Å². The van der Waals surface area contributed by atoms with Crippen LogP contribution >= 0.6 is 0 Å². The number of carbonyl (C=O) groups is 2. The second kappa shape index (κ2) is 6.91. The van der Waals surface area contributed by atoms with Gasteiger partial charge in [-0.25, -0.2) is 4.79 Å². The molecule has 24 heavy (non-hydrogen) atoms. The van der Waals surface area contributed by atoms with Crippen molar-refractivity contribution in [3.05, 3.63) is 42.0 Å². The highest BCUT2D eigenvalue weighted by Crippen LogP contribution is 2.26. The zero-order chi connectivity index (χ0) is 17.1. The Morgan fingerprint density at radius 3 is 2.50 bits per heavy atom. The zero-order valence-electron chi connectivity index (χ0n) is 13.7. The highest BCUT2D eigenvalue weighted by Gasteiger charge is 2.26. The molecule has 3 rings (SSSR count). The first-order valence-corrected chi connectivity index (χ1v) is 8.32. The fraction of sp³-hybridized carbons (Fsp3) is 0.368. The molecule has 0 unspecified atom stereocenters. The van der Waals surface area contributed by atoms with E-state index in [1.54, 1.807) is 0 Å². The van der Waals surface area contributed by atoms with Crippen LogP contribution in [0.1, 0.15) is 31.2 Å². The number of amides is 2. The Bertz CT molecular complexity index is 764. The van der Waals surface area contributed by atoms with E-state index in [-0.39, 0.29) is 18.0 Å². The Kier molecular flexibility index (Phi) is 4.69. The smallest absolute Gasteiger partial charge is 0.319 e. The molecule has 0 aromatic heterocycles. The van der Waals surface area contributed by atoms with Crippen molar-refractivity contribution in [3.8, 4) is 0 Å². The lowest BCUT2D eigenvalue weighted by Crippen LogP contribution is -2.41. The monoisotopic (exact) mass is 326 g/mol. The normalized spacial score (nSPS) is 20.5. The minimum absolute atomic E-state index is 0.0386. The summed E-state index contributed by atoms with van der Waals surface area (Å²) >= 11 is 0. The van der Waals surface area contributed by atoms with Crippen LogP contribution in [0, 0.1) is 12.8 Å². The molecular weight excluding hydrogens is 304 g/mol. The predicted octanol–water partition coefficient (Wildman–Crippen LogP) is 3.91. The fourth-order valence-corrected chi connectivity index (χ4v) is 3.39. The van der Waals surface area contributed by atoms with Gasteiger partial charge in [-0.1, -0.05) is 30.3 Å². The number of benzene rings is 2. The SMILES string of the molecule is Cc1cc(NC(=O)NC2CCC(C(=O)O)CC2)c2ccccc2c1. The van der Waals surface area contributed by atoms with E-state index >= 15 is 0 Å². The van der Waals surface area contributed by atoms with Crippen LogP contribution in [0.5, 0.6) is 0 Å². The third-order valence-corrected chi connectivity index (χ3v) is 4.67. The Morgan fingerprint density at radius 2 is 1.79 bits per heavy atom. The van der Waals surface area contributed by atoms with E-state index in [0.29, 0.717) is 25.7 Å². The highest BCUT2D eigenvalue weighted by molar-refractivity contribution is 6.02. The van der Waals surface area contributed by atoms with Crippen molar-refractivity contribution < 1.29 is 14.7 Å². The number of urea groups is 1. The van der Waals surface area contributed by atoms with Gasteiger partial charge in [0.2, 0.25) is 0 Å². The van der Waals surface area contributed by atoms with E-state index in [1.807, 2.05) is 37.3 Å². The van der Waals surface area contributed by atoms with Gasteiger partial charge in [0.1, 0.15) is 0 Å². The van der Waals surface area contributed by atoms with Crippen LogP contribution < -0.4 is 10.6 Å². The summed E-state index contributed by atoms with van der Waals surface area (Å²) in [4.78, 5) is 23.3. The molecule has 126 valence electrons. The van der Waals surface area contributed by atoms with Gasteiger partial charge in [0.05, 0.1) is 11.6 Å². The van der Waals surface area contributed by atoms with Gasteiger partial charge in [-0.15, -0.1) is 0 Å². The van der Waals surface area contributed by atoms with Gasteiger partial charge in [-0.2, -0.15) is 0 Å². The first-order valence-electron chi connectivity index (χ1n) is 8.32. The summed E-state index contributed by atoms with van der Waals surface area (Å²) in [5.74, 6) is -1.00. The maximum atomic E-state index is 12.3. The van der Waals surface area contributed by atoms with Gasteiger partial charge in [0, 0.05) is 11.4 Å². The van der Waals surface area contributed by atoms with E-state index in [9.17, 15) is 9.59 Å². The number of carbonyl (C=O) groups excluding carboxylic acids is 1. The molecule has 0 spiro atoms. The third kappa shape index (κ3) is 3.67. The number of nitrogens with one attached hydrogen (secondary N) is 2. The molecule has 2 aromatic carbocycles. The number of carboxylic acids is 1. The number of carboxylic acid groups (broad SMARTS) is 1. The standard InChI is InChI=1S/C19H22N2O3/c1-12-10-14-4-2-3-5-16(14)17(11-12)21-19(24)20-15-8-6-13(7-9-15)18(22)23/h2-5,10-11,13,15H,6-9H2,1H3,(H,22,23)(H2,20,21,24). The van der Waals surface area contributed by atoms with Crippen LogP contribution in [-0.2, 0) is 4.79 Å². The average Bonchev–Trinajstić information content (AvgIpc) is 2.55. The molecule has 1 aliphatic carbocycles. The van der Waals surface area contributed by atoms with Gasteiger partial charge in [0.25, 0.3) is 0 Å². The fourth-order valence-electron chi connectivity index (χ4n) is 3.39. The van der Waals surface area contributed by atoms with Crippen molar-refractivity contribution in [2.24, 2.45) is 5.92 Å². The summed E-state index contributed by atoms with van der Waals surface area (Å²) in [6.45, 7) is 2.00. The molecule has 2 aromatic rings. The second-order valence-electron chi connectivity index (χ2n) is 6.52. The van der Waals surface area contributed by atoms with E-state index in [0.717, 1.165) is 22.0 Å². The Balaban J connectivity index is 1.65. The zero-order valence-corrected chi connectivity index (χ0v) is 13.7. The van der Waals surface area contributed by atoms with Crippen LogP contribution in [0.15, 0.2) is 36.4 Å². The second-order valence-corrected chi connectivity index (χ2v) is 6.52. The van der Waals surface area contributed by atoms with Gasteiger partial charge in [0.15, 0.2) is 0 Å². The quantitative estimate of drug-likeness (QED) is 0.800. The van der Waals surface area contributed by atoms with Gasteiger partial charge >= 0.3 is 12.0 Å². The molecule has 3 N–H and O–H groups in total. The average molecular weight is 326 g/mol. The molecule has 1 aliphatic rings. The van der Waals surface area contributed by atoms with Crippen molar-refractivity contribution in [2.75, 3.05) is 5.32 Å². The van der Waals surface area contributed by atoms with E-state index < -0.39 is 5.97 Å². The van der Waals surface area contributed by atoms with Gasteiger partial charge < -0.3 is 15.7 Å². The number of hydrogen-bond acceptors (Lipinski definition) is 2. The van der Waals surface area contributed by atoms with Crippen LogP contribution in [0.4, 0.5) is 10.5 Å². The van der Waals surface area contributed by atoms with Crippen LogP contribution in [0.25, 0.3) is 10.8 Å². The van der Waals surface area contributed by atoms with E-state index in [4.69, 9.17) is 5.11 Å². The van der Waals surface area contributed by atoms with Crippen LogP contribution in [0.3, 0.4) is 0 Å². The number of hydrogen-bond donors (Lipinski definition) is 3. The lowest BCUT2D eigenvalue weighted by atomic mass is 9.86. The van der Waals surface area contributed by atoms with Crippen molar-refractivity contribution in [3.63, 3.8) is 0 Å². The number of fused-ring (bicyclic) bond motifs is 1. The topological polar surface area (TPSA) is 78.4 Å². The first-order chi connectivity index (χ1) is 11.5. The maximum Gasteiger partial charge on any atom is 0.319 e. The molecule has 0 aliphatic heterocycles. The van der Waals surface area contributed by atoms with Crippen molar-refractivity contribution >= 4 is 28.5 Å². The first kappa shape index (κ1) is 16.3. The largest absolute Gasteiger partial charge is 0.481 e. The Morgan fingerprint density at radius 1 is 1.08 bits per heavy atom. The lowest BCUT2D eigenvalue weighted by molar-refractivity contribution is -0.142. The van der Waals surface area contributed by atoms with Crippen LogP contribution in [-0.4, -0.2) is 23.1 Å². The summed E-state index contributed by atoms with van der Waals surface area (Å²) in [5.41, 5.74) is 1.88. The number of aryl methyl sites for hydroxylation is 1. The minimum Gasteiger partial charge on any atom is -0.481 e. The van der Waals surface area contributed by atoms with Crippen molar-refractivity contribution in [1.82, 2.24) is 5.32 Å². The molecular formula is C19H22N2O3. The third-order valence-electron chi connectivity index (χ3n) is 4.67. The molecule has 1 fully saturated rings. The number of aliphatic carboxylic acids is 1. The predicted molar refractivity (Wildman–Crippen MR) is 94.2 cm³/mol. The number of anilines is 1. The van der Waals surface area contributed by atoms with E-state index in [2.05, 4.69) is 16.7 Å². The minimum atomic E-state index is -0.732. The Labute approximate surface area is 141 Å². The number of rotatable bonds is 3. The van der Waals surface area contributed by atoms with Crippen LogP contribution in [0.2, 0.25) is 0 Å². The lowest BCUT2D eigenvalue weighted by Gasteiger charge is -2.27. The summed E-state index contributed by atoms with van der Waals surface area (Å²) < 4.78 is 0. The van der Waals surface area contributed by atoms with E-state index in [1.165, 1.54) is 0 Å². The summed E-state index contributed by atoms with van der Waals surface area (Å²) in [5, 5.41) is 17.0. The molecule has 0 radical (unpaired) electrons. The molecule has 0 saturated heterocycles. The van der Waals surface area contributed by atoms with Crippen molar-refractivity contribution in [2.45, 2.75) is 38.6 Å². The summed E-state index contributed by atoms with van der Waals surface area (Å²) in [7, 11) is 0. The maximum absolute atomic E-state index is 12.3. The molecule has 2 amide bonds. The molecule has 1 saturated carbocycles. The molecule has 5 nitrogen and oxygen atoms in total. The highest BCUT2D eigenvalue weighted by atomic mass is 16.4. The summed E-state index contributed by atoms with van der Waals surface area (Å²) in [6.07, 6.45) is 2.65. The summed E-state index contributed by atoms with van der Waals surface area (Å²) in [6, 6.07) is 11.8. The Hall–Kier alpha value is -2.56. The molecule has 5 heteroatoms. The van der Waals surface area contributed by atoms with Gasteiger partial charge in [-0.3, -0.25) is 4.79 Å². The molecule has 0 heterocycles. The van der Waals surface area contributed by atoms with Crippen molar-refractivity contribution in [1.29, 1.82) is 0 Å². The molecule has 0 atom stereocenters. The molecule has 0 bridgehead atoms.